The lowest BCUT2D eigenvalue weighted by Gasteiger charge is -2.17. The topological polar surface area (TPSA) is 12.0 Å². The molecule has 0 aliphatic rings. The molecule has 0 saturated carbocycles. The van der Waals surface area contributed by atoms with Crippen LogP contribution in [0.3, 0.4) is 0 Å². The maximum atomic E-state index is 3.57. The summed E-state index contributed by atoms with van der Waals surface area (Å²) in [4.78, 5) is 0. The van der Waals surface area contributed by atoms with Crippen LogP contribution in [0, 0.1) is 0 Å². The number of thioether (sulfide) groups is 1. The predicted molar refractivity (Wildman–Crippen MR) is 75.2 cm³/mol. The van der Waals surface area contributed by atoms with Gasteiger partial charge in [-0.3, -0.25) is 0 Å². The van der Waals surface area contributed by atoms with Crippen LogP contribution in [0.25, 0.3) is 0 Å². The molecule has 90 valence electrons. The van der Waals surface area contributed by atoms with E-state index in [0.29, 0.717) is 6.04 Å². The second-order valence-electron chi connectivity index (χ2n) is 4.06. The fourth-order valence-electron chi connectivity index (χ4n) is 1.88. The third-order valence-electron chi connectivity index (χ3n) is 2.79. The molecule has 0 aliphatic carbocycles. The van der Waals surface area contributed by atoms with Gasteiger partial charge in [0.15, 0.2) is 0 Å². The number of hydrogen-bond donors (Lipinski definition) is 1. The van der Waals surface area contributed by atoms with Gasteiger partial charge >= 0.3 is 0 Å². The third kappa shape index (κ3) is 5.57. The summed E-state index contributed by atoms with van der Waals surface area (Å²) in [5.41, 5.74) is 1.45. The van der Waals surface area contributed by atoms with Crippen molar-refractivity contribution < 1.29 is 0 Å². The SMILES string of the molecule is CCNC(CCSC)CCc1ccccc1. The van der Waals surface area contributed by atoms with Crippen LogP contribution < -0.4 is 5.32 Å². The van der Waals surface area contributed by atoms with Crippen LogP contribution >= 0.6 is 11.8 Å². The van der Waals surface area contributed by atoms with Crippen LogP contribution in [0.4, 0.5) is 0 Å². The summed E-state index contributed by atoms with van der Waals surface area (Å²) in [5.74, 6) is 1.26. The lowest BCUT2D eigenvalue weighted by atomic mass is 10.0. The van der Waals surface area contributed by atoms with Gasteiger partial charge in [0.25, 0.3) is 0 Å². The Morgan fingerprint density at radius 2 is 1.94 bits per heavy atom. The van der Waals surface area contributed by atoms with Gasteiger partial charge in [0.1, 0.15) is 0 Å². The number of nitrogens with one attached hydrogen (secondary N) is 1. The molecule has 0 spiro atoms. The van der Waals surface area contributed by atoms with Gasteiger partial charge in [-0.05, 0) is 43.4 Å². The lowest BCUT2D eigenvalue weighted by molar-refractivity contribution is 0.484. The minimum atomic E-state index is 0.678. The number of benzene rings is 1. The van der Waals surface area contributed by atoms with E-state index in [1.807, 2.05) is 11.8 Å². The summed E-state index contributed by atoms with van der Waals surface area (Å²) in [6, 6.07) is 11.4. The molecule has 0 amide bonds. The van der Waals surface area contributed by atoms with E-state index in [-0.39, 0.29) is 0 Å². The van der Waals surface area contributed by atoms with Crippen molar-refractivity contribution in [3.63, 3.8) is 0 Å². The van der Waals surface area contributed by atoms with Crippen molar-refractivity contribution in [2.45, 2.75) is 32.2 Å². The zero-order chi connectivity index (χ0) is 11.6. The Labute approximate surface area is 104 Å². The molecule has 0 fully saturated rings. The van der Waals surface area contributed by atoms with E-state index in [0.717, 1.165) is 6.54 Å². The first-order valence-electron chi connectivity index (χ1n) is 6.13. The Kier molecular flexibility index (Phi) is 7.35. The summed E-state index contributed by atoms with van der Waals surface area (Å²) in [7, 11) is 0. The highest BCUT2D eigenvalue weighted by Crippen LogP contribution is 2.09. The Morgan fingerprint density at radius 1 is 1.19 bits per heavy atom. The van der Waals surface area contributed by atoms with Crippen molar-refractivity contribution in [3.05, 3.63) is 35.9 Å². The van der Waals surface area contributed by atoms with Crippen molar-refractivity contribution in [1.82, 2.24) is 5.32 Å². The summed E-state index contributed by atoms with van der Waals surface area (Å²) in [5, 5.41) is 3.57. The monoisotopic (exact) mass is 237 g/mol. The van der Waals surface area contributed by atoms with E-state index < -0.39 is 0 Å². The highest BCUT2D eigenvalue weighted by Gasteiger charge is 2.06. The molecule has 0 saturated heterocycles. The molecule has 0 aliphatic heterocycles. The molecule has 1 aromatic rings. The highest BCUT2D eigenvalue weighted by atomic mass is 32.2. The first kappa shape index (κ1) is 13.6. The van der Waals surface area contributed by atoms with Crippen molar-refractivity contribution in [2.24, 2.45) is 0 Å². The maximum absolute atomic E-state index is 3.57. The van der Waals surface area contributed by atoms with Crippen LogP contribution in [0.15, 0.2) is 30.3 Å². The molecular formula is C14H23NS. The maximum Gasteiger partial charge on any atom is 0.00779 e. The zero-order valence-corrected chi connectivity index (χ0v) is 11.2. The molecule has 0 heterocycles. The van der Waals surface area contributed by atoms with E-state index in [9.17, 15) is 0 Å². The Morgan fingerprint density at radius 3 is 2.56 bits per heavy atom. The third-order valence-corrected chi connectivity index (χ3v) is 3.43. The molecule has 1 nitrogen and oxygen atoms in total. The average molecular weight is 237 g/mol. The van der Waals surface area contributed by atoms with Crippen molar-refractivity contribution in [3.8, 4) is 0 Å². The van der Waals surface area contributed by atoms with Gasteiger partial charge in [0.2, 0.25) is 0 Å². The largest absolute Gasteiger partial charge is 0.314 e. The Bertz CT molecular complexity index is 261. The molecule has 1 rings (SSSR count). The van der Waals surface area contributed by atoms with Crippen LogP contribution in [0.2, 0.25) is 0 Å². The van der Waals surface area contributed by atoms with E-state index in [4.69, 9.17) is 0 Å². The summed E-state index contributed by atoms with van der Waals surface area (Å²) in [6.07, 6.45) is 5.90. The smallest absolute Gasteiger partial charge is 0.00779 e. The minimum Gasteiger partial charge on any atom is -0.314 e. The van der Waals surface area contributed by atoms with Gasteiger partial charge in [0, 0.05) is 6.04 Å². The van der Waals surface area contributed by atoms with Crippen molar-refractivity contribution in [1.29, 1.82) is 0 Å². The molecule has 0 bridgehead atoms. The number of hydrogen-bond acceptors (Lipinski definition) is 2. The highest BCUT2D eigenvalue weighted by molar-refractivity contribution is 7.98. The molecule has 1 aromatic carbocycles. The quantitative estimate of drug-likeness (QED) is 0.744. The molecule has 2 heteroatoms. The van der Waals surface area contributed by atoms with Gasteiger partial charge in [-0.15, -0.1) is 0 Å². The van der Waals surface area contributed by atoms with Crippen LogP contribution in [-0.2, 0) is 6.42 Å². The molecule has 1 unspecified atom stereocenters. The van der Waals surface area contributed by atoms with Gasteiger partial charge < -0.3 is 5.32 Å². The normalized spacial score (nSPS) is 12.6. The fourth-order valence-corrected chi connectivity index (χ4v) is 2.40. The lowest BCUT2D eigenvalue weighted by Crippen LogP contribution is -2.29. The van der Waals surface area contributed by atoms with Crippen LogP contribution in [0.5, 0.6) is 0 Å². The molecule has 16 heavy (non-hydrogen) atoms. The average Bonchev–Trinajstić information content (AvgIpc) is 2.34. The minimum absolute atomic E-state index is 0.678. The van der Waals surface area contributed by atoms with Gasteiger partial charge in [-0.1, -0.05) is 37.3 Å². The van der Waals surface area contributed by atoms with E-state index in [1.165, 1.54) is 30.6 Å². The van der Waals surface area contributed by atoms with Crippen LogP contribution in [0.1, 0.15) is 25.3 Å². The van der Waals surface area contributed by atoms with Gasteiger partial charge in [-0.25, -0.2) is 0 Å². The molecule has 0 radical (unpaired) electrons. The summed E-state index contributed by atoms with van der Waals surface area (Å²) >= 11 is 1.94. The first-order chi connectivity index (χ1) is 7.86. The summed E-state index contributed by atoms with van der Waals surface area (Å²) in [6.45, 7) is 3.27. The standard InChI is InChI=1S/C14H23NS/c1-3-15-14(11-12-16-2)10-9-13-7-5-4-6-8-13/h4-8,14-15H,3,9-12H2,1-2H3. The Hall–Kier alpha value is -0.470. The Balaban J connectivity index is 2.31. The van der Waals surface area contributed by atoms with E-state index in [1.54, 1.807) is 0 Å². The van der Waals surface area contributed by atoms with Crippen molar-refractivity contribution >= 4 is 11.8 Å². The molecule has 1 N–H and O–H groups in total. The van der Waals surface area contributed by atoms with Crippen LogP contribution in [-0.4, -0.2) is 24.6 Å². The second kappa shape index (κ2) is 8.66. The van der Waals surface area contributed by atoms with Gasteiger partial charge in [0.05, 0.1) is 0 Å². The number of rotatable bonds is 8. The van der Waals surface area contributed by atoms with E-state index in [2.05, 4.69) is 48.8 Å². The zero-order valence-electron chi connectivity index (χ0n) is 10.4. The first-order valence-corrected chi connectivity index (χ1v) is 7.52. The number of aryl methyl sites for hydroxylation is 1. The molecular weight excluding hydrogens is 214 g/mol. The fraction of sp³-hybridized carbons (Fsp3) is 0.571. The molecule has 0 aromatic heterocycles. The van der Waals surface area contributed by atoms with Gasteiger partial charge in [-0.2, -0.15) is 11.8 Å². The van der Waals surface area contributed by atoms with E-state index >= 15 is 0 Å². The predicted octanol–water partition coefficient (Wildman–Crippen LogP) is 3.35. The summed E-state index contributed by atoms with van der Waals surface area (Å²) < 4.78 is 0. The second-order valence-corrected chi connectivity index (χ2v) is 5.05. The van der Waals surface area contributed by atoms with Crippen molar-refractivity contribution in [2.75, 3.05) is 18.6 Å². The molecule has 1 atom stereocenters.